The predicted molar refractivity (Wildman–Crippen MR) is 90.2 cm³/mol. The highest BCUT2D eigenvalue weighted by atomic mass is 16.2. The van der Waals surface area contributed by atoms with Crippen LogP contribution in [0.4, 0.5) is 10.5 Å². The fourth-order valence-electron chi connectivity index (χ4n) is 2.06. The minimum Gasteiger partial charge on any atom is -0.348 e. The van der Waals surface area contributed by atoms with Crippen molar-refractivity contribution in [3.8, 4) is 0 Å². The lowest BCUT2D eigenvalue weighted by molar-refractivity contribution is -0.125. The molecule has 1 aromatic carbocycles. The van der Waals surface area contributed by atoms with Gasteiger partial charge in [-0.25, -0.2) is 4.79 Å². The van der Waals surface area contributed by atoms with Gasteiger partial charge in [-0.3, -0.25) is 9.59 Å². The Hall–Kier alpha value is -2.61. The molecule has 130 valence electrons. The molecule has 8 nitrogen and oxygen atoms in total. The average molecular weight is 333 g/mol. The summed E-state index contributed by atoms with van der Waals surface area (Å²) in [5.74, 6) is -0.673. The molecule has 1 fully saturated rings. The van der Waals surface area contributed by atoms with Gasteiger partial charge in [0.15, 0.2) is 0 Å². The Morgan fingerprint density at radius 2 is 1.83 bits per heavy atom. The van der Waals surface area contributed by atoms with Crippen LogP contribution in [0.3, 0.4) is 0 Å². The van der Waals surface area contributed by atoms with Gasteiger partial charge < -0.3 is 27.0 Å². The van der Waals surface area contributed by atoms with Crippen LogP contribution in [0.25, 0.3) is 0 Å². The van der Waals surface area contributed by atoms with Crippen LogP contribution in [-0.4, -0.2) is 37.0 Å². The highest BCUT2D eigenvalue weighted by Gasteiger charge is 2.23. The topological polar surface area (TPSA) is 125 Å². The van der Waals surface area contributed by atoms with Gasteiger partial charge in [0, 0.05) is 11.7 Å². The summed E-state index contributed by atoms with van der Waals surface area (Å²) >= 11 is 0. The number of nitrogens with two attached hydrogens (primary N) is 1. The van der Waals surface area contributed by atoms with Crippen molar-refractivity contribution in [1.82, 2.24) is 16.0 Å². The van der Waals surface area contributed by atoms with E-state index >= 15 is 0 Å². The largest absolute Gasteiger partial charge is 0.348 e. The van der Waals surface area contributed by atoms with Crippen LogP contribution in [0.2, 0.25) is 0 Å². The van der Waals surface area contributed by atoms with Crippen LogP contribution < -0.4 is 27.0 Å². The van der Waals surface area contributed by atoms with Crippen LogP contribution in [0, 0.1) is 0 Å². The fraction of sp³-hybridized carbons (Fsp3) is 0.438. The second kappa shape index (κ2) is 8.30. The maximum absolute atomic E-state index is 11.7. The smallest absolute Gasteiger partial charge is 0.319 e. The van der Waals surface area contributed by atoms with Gasteiger partial charge in [0.05, 0.1) is 19.1 Å². The van der Waals surface area contributed by atoms with Gasteiger partial charge in [-0.1, -0.05) is 12.1 Å². The molecular weight excluding hydrogens is 310 g/mol. The quantitative estimate of drug-likeness (QED) is 0.489. The van der Waals surface area contributed by atoms with Crippen molar-refractivity contribution in [2.75, 3.05) is 18.4 Å². The maximum Gasteiger partial charge on any atom is 0.319 e. The summed E-state index contributed by atoms with van der Waals surface area (Å²) in [7, 11) is 0. The van der Waals surface area contributed by atoms with Crippen LogP contribution in [-0.2, 0) is 9.59 Å². The van der Waals surface area contributed by atoms with E-state index in [0.29, 0.717) is 11.7 Å². The number of amides is 4. The van der Waals surface area contributed by atoms with Gasteiger partial charge in [0.2, 0.25) is 11.8 Å². The van der Waals surface area contributed by atoms with E-state index in [9.17, 15) is 14.4 Å². The minimum absolute atomic E-state index is 0.110. The van der Waals surface area contributed by atoms with Crippen molar-refractivity contribution in [1.29, 1.82) is 0 Å². The molecule has 0 radical (unpaired) electrons. The molecule has 4 amide bonds. The first-order chi connectivity index (χ1) is 11.5. The Labute approximate surface area is 140 Å². The maximum atomic E-state index is 11.7. The molecule has 0 saturated heterocycles. The number of hydrogen-bond acceptors (Lipinski definition) is 4. The number of rotatable bonds is 7. The molecule has 1 aliphatic rings. The van der Waals surface area contributed by atoms with Gasteiger partial charge in [-0.2, -0.15) is 0 Å². The monoisotopic (exact) mass is 333 g/mol. The van der Waals surface area contributed by atoms with E-state index in [4.69, 9.17) is 5.73 Å². The number of carbonyl (C=O) groups excluding carboxylic acids is 3. The van der Waals surface area contributed by atoms with Crippen molar-refractivity contribution in [3.63, 3.8) is 0 Å². The normalized spacial score (nSPS) is 14.4. The van der Waals surface area contributed by atoms with Crippen molar-refractivity contribution in [2.45, 2.75) is 31.8 Å². The number of carbonyl (C=O) groups is 3. The lowest BCUT2D eigenvalue weighted by Gasteiger charge is -2.15. The second-order valence-electron chi connectivity index (χ2n) is 5.76. The Balaban J connectivity index is 1.79. The molecule has 1 atom stereocenters. The van der Waals surface area contributed by atoms with Crippen molar-refractivity contribution < 1.29 is 14.4 Å². The van der Waals surface area contributed by atoms with Crippen LogP contribution in [0.5, 0.6) is 0 Å². The van der Waals surface area contributed by atoms with Gasteiger partial charge >= 0.3 is 6.03 Å². The van der Waals surface area contributed by atoms with Gasteiger partial charge in [0.25, 0.3) is 0 Å². The van der Waals surface area contributed by atoms with E-state index in [1.807, 2.05) is 19.1 Å². The van der Waals surface area contributed by atoms with E-state index < -0.39 is 0 Å². The first-order valence-electron chi connectivity index (χ1n) is 7.91. The molecule has 0 aliphatic heterocycles. The van der Waals surface area contributed by atoms with Crippen molar-refractivity contribution in [2.24, 2.45) is 5.73 Å². The van der Waals surface area contributed by atoms with Gasteiger partial charge in [-0.15, -0.1) is 0 Å². The van der Waals surface area contributed by atoms with Crippen LogP contribution in [0.15, 0.2) is 24.3 Å². The van der Waals surface area contributed by atoms with Crippen molar-refractivity contribution >= 4 is 23.5 Å². The molecule has 1 saturated carbocycles. The summed E-state index contributed by atoms with van der Waals surface area (Å²) < 4.78 is 0. The third-order valence-electron chi connectivity index (χ3n) is 3.59. The molecule has 0 bridgehead atoms. The molecular formula is C16H23N5O3. The first kappa shape index (κ1) is 17.7. The number of hydrogen-bond donors (Lipinski definition) is 5. The Bertz CT molecular complexity index is 598. The molecule has 1 unspecified atom stereocenters. The number of anilines is 1. The zero-order valence-corrected chi connectivity index (χ0v) is 13.6. The number of benzene rings is 1. The highest BCUT2D eigenvalue weighted by molar-refractivity contribution is 5.89. The first-order valence-corrected chi connectivity index (χ1v) is 7.91. The van der Waals surface area contributed by atoms with E-state index in [0.717, 1.165) is 18.4 Å². The van der Waals surface area contributed by atoms with Crippen LogP contribution >= 0.6 is 0 Å². The summed E-state index contributed by atoms with van der Waals surface area (Å²) in [6, 6.07) is 7.09. The number of urea groups is 1. The van der Waals surface area contributed by atoms with E-state index in [2.05, 4.69) is 21.3 Å². The summed E-state index contributed by atoms with van der Waals surface area (Å²) in [5, 5.41) is 10.8. The van der Waals surface area contributed by atoms with E-state index in [-0.39, 0.29) is 37.0 Å². The average Bonchev–Trinajstić information content (AvgIpc) is 3.36. The third-order valence-corrected chi connectivity index (χ3v) is 3.59. The van der Waals surface area contributed by atoms with Gasteiger partial charge in [0.1, 0.15) is 0 Å². The molecule has 0 spiro atoms. The summed E-state index contributed by atoms with van der Waals surface area (Å²) in [6.45, 7) is 1.58. The Kier molecular flexibility index (Phi) is 6.14. The Morgan fingerprint density at radius 1 is 1.17 bits per heavy atom. The third kappa shape index (κ3) is 5.88. The molecule has 2 rings (SSSR count). The lowest BCUT2D eigenvalue weighted by Crippen LogP contribution is -2.40. The molecule has 24 heavy (non-hydrogen) atoms. The highest BCUT2D eigenvalue weighted by Crippen LogP contribution is 2.19. The fourth-order valence-corrected chi connectivity index (χ4v) is 2.06. The van der Waals surface area contributed by atoms with Gasteiger partial charge in [-0.05, 0) is 37.5 Å². The number of nitrogens with one attached hydrogen (secondary N) is 4. The van der Waals surface area contributed by atoms with Crippen molar-refractivity contribution in [3.05, 3.63) is 29.8 Å². The molecule has 8 heteroatoms. The second-order valence-corrected chi connectivity index (χ2v) is 5.76. The predicted octanol–water partition coefficient (Wildman–Crippen LogP) is 0.223. The lowest BCUT2D eigenvalue weighted by atomic mass is 10.1. The molecule has 0 aromatic heterocycles. The Morgan fingerprint density at radius 3 is 2.42 bits per heavy atom. The SMILES string of the molecule is CC(NC(=O)CNC(=O)CN)c1ccc(NC(=O)NC2CC2)cc1. The molecule has 1 aliphatic carbocycles. The standard InChI is InChI=1S/C16H23N5O3/c1-10(19-15(23)9-18-14(22)8-17)11-2-4-12(5-3-11)20-16(24)21-13-6-7-13/h2-5,10,13H,6-9,17H2,1H3,(H,18,22)(H,19,23)(H2,20,21,24). The van der Waals surface area contributed by atoms with E-state index in [1.165, 1.54) is 0 Å². The summed E-state index contributed by atoms with van der Waals surface area (Å²) in [5.41, 5.74) is 6.73. The molecule has 6 N–H and O–H groups in total. The zero-order chi connectivity index (χ0) is 17.5. The minimum atomic E-state index is -0.377. The zero-order valence-electron chi connectivity index (χ0n) is 13.6. The van der Waals surface area contributed by atoms with Crippen LogP contribution in [0.1, 0.15) is 31.4 Å². The molecule has 0 heterocycles. The summed E-state index contributed by atoms with van der Waals surface area (Å²) in [6.07, 6.45) is 2.07. The summed E-state index contributed by atoms with van der Waals surface area (Å²) in [4.78, 5) is 34.4. The molecule has 1 aromatic rings. The van der Waals surface area contributed by atoms with E-state index in [1.54, 1.807) is 12.1 Å².